The van der Waals surface area contributed by atoms with Gasteiger partial charge in [0.25, 0.3) is 0 Å². The molecule has 1 aromatic rings. The number of hydrogen-bond acceptors (Lipinski definition) is 5. The van der Waals surface area contributed by atoms with E-state index in [0.29, 0.717) is 30.1 Å². The van der Waals surface area contributed by atoms with Gasteiger partial charge in [0.15, 0.2) is 0 Å². The van der Waals surface area contributed by atoms with Crippen LogP contribution in [0.3, 0.4) is 0 Å². The predicted octanol–water partition coefficient (Wildman–Crippen LogP) is 3.21. The lowest BCUT2D eigenvalue weighted by Crippen LogP contribution is -2.53. The van der Waals surface area contributed by atoms with E-state index < -0.39 is 11.9 Å². The van der Waals surface area contributed by atoms with Crippen molar-refractivity contribution in [1.82, 2.24) is 0 Å². The third-order valence-corrected chi connectivity index (χ3v) is 6.59. The highest BCUT2D eigenvalue weighted by atomic mass is 16.7. The van der Waals surface area contributed by atoms with E-state index in [2.05, 4.69) is 13.8 Å². The molecule has 6 atom stereocenters. The van der Waals surface area contributed by atoms with Gasteiger partial charge in [-0.3, -0.25) is 0 Å². The average molecular weight is 350 g/mol. The standard InChI is InChI=1S/C20H30O5/c1-7-10(2)20-17(16(9-23-20)11(3)13(5)21)8-15-18(25-20)12(4)14(6)24-19(15)22/h10-11,13,16-17,21H,7-9H2,1-6H3/t10?,11?,13-,16?,17?,20?/m0/s1. The van der Waals surface area contributed by atoms with E-state index in [1.54, 1.807) is 6.92 Å². The highest BCUT2D eigenvalue weighted by Gasteiger charge is 2.59. The smallest absolute Gasteiger partial charge is 0.342 e. The topological polar surface area (TPSA) is 68.9 Å². The number of ether oxygens (including phenoxy) is 2. The van der Waals surface area contributed by atoms with Crippen LogP contribution in [0.15, 0.2) is 9.21 Å². The number of aliphatic hydroxyl groups is 1. The zero-order chi connectivity index (χ0) is 18.5. The van der Waals surface area contributed by atoms with E-state index in [-0.39, 0.29) is 29.3 Å². The monoisotopic (exact) mass is 350 g/mol. The van der Waals surface area contributed by atoms with E-state index in [1.807, 2.05) is 20.8 Å². The van der Waals surface area contributed by atoms with Crippen molar-refractivity contribution in [3.8, 4) is 5.75 Å². The Kier molecular flexibility index (Phi) is 4.75. The van der Waals surface area contributed by atoms with Crippen LogP contribution in [0, 0.1) is 37.5 Å². The Balaban J connectivity index is 2.12. The van der Waals surface area contributed by atoms with Crippen LogP contribution in [0.1, 0.15) is 51.0 Å². The Morgan fingerprint density at radius 1 is 1.28 bits per heavy atom. The van der Waals surface area contributed by atoms with Crippen molar-refractivity contribution in [3.63, 3.8) is 0 Å². The first-order valence-corrected chi connectivity index (χ1v) is 9.37. The van der Waals surface area contributed by atoms with Gasteiger partial charge in [-0.05, 0) is 45.4 Å². The summed E-state index contributed by atoms with van der Waals surface area (Å²) in [5.74, 6) is 0.917. The molecule has 0 bridgehead atoms. The van der Waals surface area contributed by atoms with E-state index in [4.69, 9.17) is 13.9 Å². The molecule has 3 heterocycles. The largest absolute Gasteiger partial charge is 0.461 e. The van der Waals surface area contributed by atoms with Gasteiger partial charge in [-0.15, -0.1) is 0 Å². The summed E-state index contributed by atoms with van der Waals surface area (Å²) in [6, 6.07) is 0. The maximum absolute atomic E-state index is 12.4. The lowest BCUT2D eigenvalue weighted by molar-refractivity contribution is -0.215. The molecule has 1 aromatic heterocycles. The van der Waals surface area contributed by atoms with Gasteiger partial charge in [-0.25, -0.2) is 4.79 Å². The van der Waals surface area contributed by atoms with Crippen LogP contribution in [0.25, 0.3) is 0 Å². The second kappa shape index (κ2) is 6.44. The fraction of sp³-hybridized carbons (Fsp3) is 0.750. The number of fused-ring (bicyclic) bond motifs is 2. The van der Waals surface area contributed by atoms with Gasteiger partial charge in [0, 0.05) is 17.4 Å². The maximum Gasteiger partial charge on any atom is 0.342 e. The molecule has 1 saturated heterocycles. The normalized spacial score (nSPS) is 31.6. The van der Waals surface area contributed by atoms with Crippen molar-refractivity contribution >= 4 is 0 Å². The van der Waals surface area contributed by atoms with E-state index >= 15 is 0 Å². The summed E-state index contributed by atoms with van der Waals surface area (Å²) in [7, 11) is 0. The summed E-state index contributed by atoms with van der Waals surface area (Å²) in [5.41, 5.74) is 1.16. The van der Waals surface area contributed by atoms with Gasteiger partial charge in [0.2, 0.25) is 5.79 Å². The molecular weight excluding hydrogens is 320 g/mol. The number of hydrogen-bond donors (Lipinski definition) is 1. The molecule has 0 aromatic carbocycles. The van der Waals surface area contributed by atoms with Crippen LogP contribution >= 0.6 is 0 Å². The Morgan fingerprint density at radius 3 is 2.56 bits per heavy atom. The first-order chi connectivity index (χ1) is 11.7. The molecule has 1 fully saturated rings. The van der Waals surface area contributed by atoms with Crippen molar-refractivity contribution in [2.45, 2.75) is 66.3 Å². The molecule has 5 heteroatoms. The van der Waals surface area contributed by atoms with Crippen molar-refractivity contribution in [2.24, 2.45) is 23.7 Å². The fourth-order valence-electron chi connectivity index (χ4n) is 4.37. The van der Waals surface area contributed by atoms with Gasteiger partial charge >= 0.3 is 5.63 Å². The number of aliphatic hydroxyl groups excluding tert-OH is 1. The molecule has 5 nitrogen and oxygen atoms in total. The van der Waals surface area contributed by atoms with Gasteiger partial charge in [-0.1, -0.05) is 20.8 Å². The quantitative estimate of drug-likeness (QED) is 0.903. The van der Waals surface area contributed by atoms with E-state index in [1.165, 1.54) is 0 Å². The maximum atomic E-state index is 12.4. The first kappa shape index (κ1) is 18.5. The van der Waals surface area contributed by atoms with E-state index in [0.717, 1.165) is 12.0 Å². The SMILES string of the molecule is CCC(C)C12OCC(C(C)[C@H](C)O)C1Cc1c(c(C)c(C)oc1=O)O2. The van der Waals surface area contributed by atoms with Gasteiger partial charge in [0.1, 0.15) is 11.5 Å². The average Bonchev–Trinajstić information content (AvgIpc) is 2.96. The summed E-state index contributed by atoms with van der Waals surface area (Å²) < 4.78 is 18.2. The van der Waals surface area contributed by atoms with Crippen LogP contribution in [-0.2, 0) is 11.2 Å². The van der Waals surface area contributed by atoms with Crippen LogP contribution in [0.2, 0.25) is 0 Å². The molecule has 5 unspecified atom stereocenters. The van der Waals surface area contributed by atoms with Crippen molar-refractivity contribution < 1.29 is 19.0 Å². The highest BCUT2D eigenvalue weighted by molar-refractivity contribution is 5.43. The number of rotatable bonds is 4. The van der Waals surface area contributed by atoms with Crippen molar-refractivity contribution in [3.05, 3.63) is 27.3 Å². The van der Waals surface area contributed by atoms with Crippen LogP contribution in [0.5, 0.6) is 5.75 Å². The summed E-state index contributed by atoms with van der Waals surface area (Å²) in [6.07, 6.45) is 1.06. The van der Waals surface area contributed by atoms with E-state index in [9.17, 15) is 9.90 Å². The second-order valence-corrected chi connectivity index (χ2v) is 7.90. The zero-order valence-corrected chi connectivity index (χ0v) is 16.1. The molecule has 1 N–H and O–H groups in total. The molecule has 0 saturated carbocycles. The summed E-state index contributed by atoms with van der Waals surface area (Å²) in [4.78, 5) is 12.4. The Labute approximate surface area is 149 Å². The molecule has 0 radical (unpaired) electrons. The van der Waals surface area contributed by atoms with Gasteiger partial charge in [0.05, 0.1) is 18.3 Å². The first-order valence-electron chi connectivity index (χ1n) is 9.37. The molecule has 0 aliphatic carbocycles. The molecule has 2 aliphatic heterocycles. The lowest BCUT2D eigenvalue weighted by atomic mass is 9.71. The molecule has 140 valence electrons. The zero-order valence-electron chi connectivity index (χ0n) is 16.1. The highest BCUT2D eigenvalue weighted by Crippen LogP contribution is 2.52. The minimum absolute atomic E-state index is 0.0320. The predicted molar refractivity (Wildman–Crippen MR) is 94.7 cm³/mol. The van der Waals surface area contributed by atoms with Gasteiger partial charge < -0.3 is 19.0 Å². The van der Waals surface area contributed by atoms with Crippen molar-refractivity contribution in [1.29, 1.82) is 0 Å². The number of aryl methyl sites for hydroxylation is 1. The Bertz CT molecular complexity index is 707. The summed E-state index contributed by atoms with van der Waals surface area (Å²) >= 11 is 0. The summed E-state index contributed by atoms with van der Waals surface area (Å²) in [6.45, 7) is 12.4. The third kappa shape index (κ3) is 2.72. The van der Waals surface area contributed by atoms with Crippen LogP contribution in [0.4, 0.5) is 0 Å². The molecular formula is C20H30O5. The van der Waals surface area contributed by atoms with Crippen LogP contribution < -0.4 is 10.4 Å². The van der Waals surface area contributed by atoms with Gasteiger partial charge in [-0.2, -0.15) is 0 Å². The minimum Gasteiger partial charge on any atom is -0.461 e. The molecule has 0 spiro atoms. The third-order valence-electron chi connectivity index (χ3n) is 6.59. The fourth-order valence-corrected chi connectivity index (χ4v) is 4.37. The van der Waals surface area contributed by atoms with Crippen LogP contribution in [-0.4, -0.2) is 23.6 Å². The van der Waals surface area contributed by atoms with Crippen molar-refractivity contribution in [2.75, 3.05) is 6.61 Å². The Morgan fingerprint density at radius 2 is 1.96 bits per heavy atom. The molecule has 3 rings (SSSR count). The summed E-state index contributed by atoms with van der Waals surface area (Å²) in [5, 5.41) is 10.1. The minimum atomic E-state index is -0.736. The second-order valence-electron chi connectivity index (χ2n) is 7.90. The molecule has 25 heavy (non-hydrogen) atoms. The lowest BCUT2D eigenvalue weighted by Gasteiger charge is -2.45. The Hall–Kier alpha value is -1.33. The molecule has 0 amide bonds. The molecule has 2 aliphatic rings.